The molecular formula is C84H159NO8P+. The van der Waals surface area contributed by atoms with Gasteiger partial charge in [0, 0.05) is 12.8 Å². The molecule has 0 aromatic rings. The smallest absolute Gasteiger partial charge is 0.462 e. The summed E-state index contributed by atoms with van der Waals surface area (Å²) in [6, 6.07) is 0. The molecule has 0 aliphatic heterocycles. The molecule has 0 heterocycles. The number of hydrogen-bond donors (Lipinski definition) is 1. The van der Waals surface area contributed by atoms with Crippen LogP contribution in [0.15, 0.2) is 60.8 Å². The Morgan fingerprint density at radius 3 is 0.915 bits per heavy atom. The zero-order chi connectivity index (χ0) is 68.3. The van der Waals surface area contributed by atoms with E-state index in [9.17, 15) is 19.0 Å². The Hall–Kier alpha value is -2.29. The van der Waals surface area contributed by atoms with Crippen LogP contribution >= 0.6 is 7.82 Å². The normalized spacial score (nSPS) is 13.3. The van der Waals surface area contributed by atoms with Crippen LogP contribution < -0.4 is 0 Å². The fourth-order valence-corrected chi connectivity index (χ4v) is 13.0. The van der Waals surface area contributed by atoms with Crippen molar-refractivity contribution in [3.8, 4) is 0 Å². The predicted octanol–water partition coefficient (Wildman–Crippen LogP) is 27.3. The molecule has 2 atom stereocenters. The average Bonchev–Trinajstić information content (AvgIpc) is 1.57. The van der Waals surface area contributed by atoms with Gasteiger partial charge in [0.1, 0.15) is 19.8 Å². The lowest BCUT2D eigenvalue weighted by Crippen LogP contribution is -2.37. The van der Waals surface area contributed by atoms with E-state index in [2.05, 4.69) is 74.6 Å². The first-order valence-electron chi connectivity index (χ1n) is 41.0. The first kappa shape index (κ1) is 91.7. The number of esters is 2. The van der Waals surface area contributed by atoms with E-state index in [1.807, 2.05) is 21.1 Å². The second-order valence-electron chi connectivity index (χ2n) is 29.1. The monoisotopic (exact) mass is 1340 g/mol. The van der Waals surface area contributed by atoms with Crippen molar-refractivity contribution in [2.24, 2.45) is 0 Å². The van der Waals surface area contributed by atoms with Gasteiger partial charge in [-0.2, -0.15) is 0 Å². The van der Waals surface area contributed by atoms with Crippen LogP contribution in [0.2, 0.25) is 0 Å². The molecule has 94 heavy (non-hydrogen) atoms. The van der Waals surface area contributed by atoms with Crippen molar-refractivity contribution in [1.29, 1.82) is 0 Å². The lowest BCUT2D eigenvalue weighted by molar-refractivity contribution is -0.870. The van der Waals surface area contributed by atoms with Crippen LogP contribution in [0.4, 0.5) is 0 Å². The van der Waals surface area contributed by atoms with Crippen LogP contribution in [0.5, 0.6) is 0 Å². The Bertz CT molecular complexity index is 1770. The third-order valence-electron chi connectivity index (χ3n) is 18.5. The molecule has 0 bridgehead atoms. The van der Waals surface area contributed by atoms with Crippen molar-refractivity contribution in [3.05, 3.63) is 60.8 Å². The fourth-order valence-electron chi connectivity index (χ4n) is 12.3. The van der Waals surface area contributed by atoms with Crippen molar-refractivity contribution < 1.29 is 42.1 Å². The fraction of sp³-hybridized carbons (Fsp3) is 0.857. The molecule has 0 aliphatic carbocycles. The molecule has 10 heteroatoms. The number of allylic oxidation sites excluding steroid dienone is 10. The summed E-state index contributed by atoms with van der Waals surface area (Å²) >= 11 is 0. The molecule has 0 rings (SSSR count). The van der Waals surface area contributed by atoms with Gasteiger partial charge in [-0.05, 0) is 77.0 Å². The summed E-state index contributed by atoms with van der Waals surface area (Å²) in [5.74, 6) is -0.772. The number of likely N-dealkylation sites (N-methyl/N-ethyl adjacent to an activating group) is 1. The van der Waals surface area contributed by atoms with Crippen molar-refractivity contribution in [2.45, 2.75) is 418 Å². The summed E-state index contributed by atoms with van der Waals surface area (Å²) in [5.41, 5.74) is 0. The number of phosphoric acid groups is 1. The van der Waals surface area contributed by atoms with Crippen molar-refractivity contribution in [2.75, 3.05) is 47.5 Å². The third-order valence-corrected chi connectivity index (χ3v) is 19.5. The van der Waals surface area contributed by atoms with Gasteiger partial charge in [0.05, 0.1) is 27.7 Å². The van der Waals surface area contributed by atoms with E-state index in [0.717, 1.165) is 57.8 Å². The molecule has 0 amide bonds. The van der Waals surface area contributed by atoms with Crippen molar-refractivity contribution in [1.82, 2.24) is 0 Å². The Labute approximate surface area is 585 Å². The summed E-state index contributed by atoms with van der Waals surface area (Å²) < 4.78 is 34.8. The van der Waals surface area contributed by atoms with Crippen LogP contribution in [0, 0.1) is 0 Å². The van der Waals surface area contributed by atoms with E-state index in [4.69, 9.17) is 18.5 Å². The van der Waals surface area contributed by atoms with Crippen LogP contribution in [0.25, 0.3) is 0 Å². The molecule has 552 valence electrons. The highest BCUT2D eigenvalue weighted by atomic mass is 31.2. The number of phosphoric ester groups is 1. The van der Waals surface area contributed by atoms with E-state index in [1.54, 1.807) is 0 Å². The highest BCUT2D eigenvalue weighted by Gasteiger charge is 2.27. The molecule has 0 spiro atoms. The number of ether oxygens (including phenoxy) is 2. The van der Waals surface area contributed by atoms with Gasteiger partial charge in [-0.15, -0.1) is 0 Å². The standard InChI is InChI=1S/C84H158NO8P/c1-6-8-10-12-14-16-18-20-22-24-26-28-30-32-34-36-37-38-39-40-41-42-43-44-45-46-47-49-51-53-55-57-59-61-63-65-67-69-71-73-75-77-84(87)93-82(81-92-94(88,89)91-79-78-85(3,4)5)80-90-83(86)76-74-72-70-68-66-64-62-60-58-56-54-52-50-48-35-33-31-29-27-25-23-21-19-17-15-13-11-9-7-2/h8,10,14,16,20,22,25-28,82H,6-7,9,11-13,15,17-19,21,23-24,29-81H2,1-5H3/p+1/b10-8-,16-14-,22-20-,27-25-,28-26-. The maximum atomic E-state index is 12.9. The number of hydrogen-bond acceptors (Lipinski definition) is 7. The molecule has 2 unspecified atom stereocenters. The summed E-state index contributed by atoms with van der Waals surface area (Å²) in [4.78, 5) is 36.0. The largest absolute Gasteiger partial charge is 0.472 e. The van der Waals surface area contributed by atoms with Crippen molar-refractivity contribution in [3.63, 3.8) is 0 Å². The van der Waals surface area contributed by atoms with E-state index in [0.29, 0.717) is 23.9 Å². The number of unbranched alkanes of at least 4 members (excludes halogenated alkanes) is 53. The number of nitrogens with zero attached hydrogens (tertiary/aromatic N) is 1. The molecule has 1 N–H and O–H groups in total. The molecule has 0 saturated heterocycles. The van der Waals surface area contributed by atoms with Gasteiger partial charge < -0.3 is 18.9 Å². The third kappa shape index (κ3) is 78.7. The lowest BCUT2D eigenvalue weighted by atomic mass is 10.0. The highest BCUT2D eigenvalue weighted by molar-refractivity contribution is 7.47. The van der Waals surface area contributed by atoms with Gasteiger partial charge in [0.25, 0.3) is 0 Å². The molecule has 0 fully saturated rings. The maximum absolute atomic E-state index is 12.9. The molecule has 0 aromatic carbocycles. The minimum atomic E-state index is -4.39. The summed E-state index contributed by atoms with van der Waals surface area (Å²) in [5, 5.41) is 0. The molecule has 9 nitrogen and oxygen atoms in total. The number of carbonyl (C=O) groups excluding carboxylic acids is 2. The average molecular weight is 1340 g/mol. The molecular weight excluding hydrogens is 1180 g/mol. The first-order chi connectivity index (χ1) is 46.0. The minimum Gasteiger partial charge on any atom is -0.462 e. The van der Waals surface area contributed by atoms with Crippen LogP contribution in [0.1, 0.15) is 412 Å². The van der Waals surface area contributed by atoms with E-state index < -0.39 is 26.5 Å². The van der Waals surface area contributed by atoms with Crippen molar-refractivity contribution >= 4 is 19.8 Å². The van der Waals surface area contributed by atoms with Gasteiger partial charge in [-0.25, -0.2) is 4.57 Å². The number of carbonyl (C=O) groups is 2. The minimum absolute atomic E-state index is 0.0347. The van der Waals surface area contributed by atoms with Gasteiger partial charge in [-0.1, -0.05) is 383 Å². The Balaban J connectivity index is 3.87. The van der Waals surface area contributed by atoms with Gasteiger partial charge in [-0.3, -0.25) is 18.6 Å². The van der Waals surface area contributed by atoms with Crippen LogP contribution in [0.3, 0.4) is 0 Å². The van der Waals surface area contributed by atoms with E-state index >= 15 is 0 Å². The second-order valence-corrected chi connectivity index (χ2v) is 30.6. The van der Waals surface area contributed by atoms with Gasteiger partial charge >= 0.3 is 19.8 Å². The molecule has 0 saturated carbocycles. The van der Waals surface area contributed by atoms with Crippen LogP contribution in [-0.4, -0.2) is 74.9 Å². The predicted molar refractivity (Wildman–Crippen MR) is 409 cm³/mol. The molecule has 0 radical (unpaired) electrons. The van der Waals surface area contributed by atoms with Gasteiger partial charge in [0.2, 0.25) is 0 Å². The molecule has 0 aromatic heterocycles. The number of quaternary nitrogens is 1. The second kappa shape index (κ2) is 74.9. The molecule has 0 aliphatic rings. The first-order valence-corrected chi connectivity index (χ1v) is 42.5. The van der Waals surface area contributed by atoms with E-state index in [1.165, 1.54) is 321 Å². The van der Waals surface area contributed by atoms with Crippen LogP contribution in [-0.2, 0) is 32.7 Å². The number of rotatable bonds is 77. The summed E-state index contributed by atoms with van der Waals surface area (Å²) in [6.45, 7) is 4.40. The SMILES string of the molecule is CC/C=C\C/C=C\C/C=C\C/C=C\CCCCCCCCCCCCCCCCCCCCCCCCCCCCCCC(=O)OC(COC(=O)CCCCCCCCCCCCCCCCCCC/C=C\CCCCCCCCCC)COP(=O)(O)OCC[N+](C)(C)C. The maximum Gasteiger partial charge on any atom is 0.472 e. The highest BCUT2D eigenvalue weighted by Crippen LogP contribution is 2.43. The summed E-state index contributed by atoms with van der Waals surface area (Å²) in [6.07, 6.45) is 101. The zero-order valence-electron chi connectivity index (χ0n) is 63.2. The summed E-state index contributed by atoms with van der Waals surface area (Å²) in [7, 11) is 1.50. The zero-order valence-corrected chi connectivity index (χ0v) is 64.1. The Kier molecular flexibility index (Phi) is 73.1. The van der Waals surface area contributed by atoms with E-state index in [-0.39, 0.29) is 25.6 Å². The lowest BCUT2D eigenvalue weighted by Gasteiger charge is -2.24. The van der Waals surface area contributed by atoms with Gasteiger partial charge in [0.15, 0.2) is 6.10 Å². The Morgan fingerprint density at radius 1 is 0.340 bits per heavy atom. The quantitative estimate of drug-likeness (QED) is 0.0211. The topological polar surface area (TPSA) is 108 Å². The Morgan fingerprint density at radius 2 is 0.606 bits per heavy atom.